The first kappa shape index (κ1) is 16.1. The van der Waals surface area contributed by atoms with Crippen LogP contribution in [-0.4, -0.2) is 71.3 Å². The van der Waals surface area contributed by atoms with Crippen molar-refractivity contribution in [2.24, 2.45) is 0 Å². The van der Waals surface area contributed by atoms with Crippen LogP contribution in [0.2, 0.25) is 0 Å². The second-order valence-corrected chi connectivity index (χ2v) is 6.46. The van der Waals surface area contributed by atoms with E-state index in [-0.39, 0.29) is 6.03 Å². The maximum absolute atomic E-state index is 11.8. The Morgan fingerprint density at radius 2 is 2.05 bits per heavy atom. The summed E-state index contributed by atoms with van der Waals surface area (Å²) in [5, 5.41) is 14.7. The highest BCUT2D eigenvalue weighted by Gasteiger charge is 2.20. The van der Waals surface area contributed by atoms with Crippen LogP contribution in [0.1, 0.15) is 18.9 Å². The number of nitrogens with one attached hydrogen (secondary N) is 2. The molecule has 1 aliphatic rings. The number of anilines is 1. The van der Waals surface area contributed by atoms with Crippen LogP contribution in [0.4, 0.5) is 9.93 Å². The van der Waals surface area contributed by atoms with Gasteiger partial charge >= 0.3 is 6.03 Å². The lowest BCUT2D eigenvalue weighted by Crippen LogP contribution is -2.52. The van der Waals surface area contributed by atoms with Crippen LogP contribution in [0.15, 0.2) is 0 Å². The van der Waals surface area contributed by atoms with Crippen molar-refractivity contribution < 1.29 is 4.79 Å². The number of hydrogen-bond donors (Lipinski definition) is 2. The van der Waals surface area contributed by atoms with Gasteiger partial charge in [-0.15, -0.1) is 10.2 Å². The minimum absolute atomic E-state index is 0.217. The first-order valence-electron chi connectivity index (χ1n) is 7.40. The predicted molar refractivity (Wildman–Crippen MR) is 84.8 cm³/mol. The van der Waals surface area contributed by atoms with Gasteiger partial charge in [-0.25, -0.2) is 4.79 Å². The summed E-state index contributed by atoms with van der Waals surface area (Å²) in [4.78, 5) is 16.7. The summed E-state index contributed by atoms with van der Waals surface area (Å²) in [6.07, 6.45) is 0. The molecule has 2 rings (SSSR count). The number of hydrogen-bond acceptors (Lipinski definition) is 6. The van der Waals surface area contributed by atoms with Gasteiger partial charge in [-0.05, 0) is 20.4 Å². The number of piperazine rings is 1. The van der Waals surface area contributed by atoms with Gasteiger partial charge in [-0.2, -0.15) is 0 Å². The molecule has 2 amide bonds. The number of nitrogens with zero attached hydrogens (tertiary/aromatic N) is 4. The number of likely N-dealkylation sites (N-methyl/N-ethyl adjacent to an activating group) is 1. The standard InChI is InChI=1S/C13H24N6OS/c1-4-18-5-7-19(8-6-18)10(2)9-14-12(20)15-13-17-16-11(3)21-13/h10H,4-9H2,1-3H3,(H2,14,15,17,20)/t10-/m0/s1. The summed E-state index contributed by atoms with van der Waals surface area (Å²) in [5.41, 5.74) is 0. The van der Waals surface area contributed by atoms with Crippen molar-refractivity contribution in [1.29, 1.82) is 0 Å². The van der Waals surface area contributed by atoms with Gasteiger partial charge in [-0.3, -0.25) is 10.2 Å². The van der Waals surface area contributed by atoms with E-state index in [0.717, 1.165) is 37.7 Å². The zero-order valence-corrected chi connectivity index (χ0v) is 13.7. The molecule has 1 saturated heterocycles. The van der Waals surface area contributed by atoms with E-state index in [2.05, 4.69) is 44.5 Å². The number of carbonyl (C=O) groups excluding carboxylic acids is 1. The summed E-state index contributed by atoms with van der Waals surface area (Å²) < 4.78 is 0. The number of aryl methyl sites for hydroxylation is 1. The summed E-state index contributed by atoms with van der Waals surface area (Å²) in [5.74, 6) is 0. The smallest absolute Gasteiger partial charge is 0.321 e. The summed E-state index contributed by atoms with van der Waals surface area (Å²) >= 11 is 1.37. The molecule has 1 aromatic rings. The average molecular weight is 312 g/mol. The molecule has 0 aliphatic carbocycles. The third-order valence-corrected chi connectivity index (χ3v) is 4.54. The second-order valence-electron chi connectivity index (χ2n) is 5.28. The maximum Gasteiger partial charge on any atom is 0.321 e. The molecule has 118 valence electrons. The maximum atomic E-state index is 11.8. The van der Waals surface area contributed by atoms with Crippen molar-refractivity contribution in [3.8, 4) is 0 Å². The van der Waals surface area contributed by atoms with Crippen LogP contribution in [-0.2, 0) is 0 Å². The van der Waals surface area contributed by atoms with Gasteiger partial charge in [0.15, 0.2) is 0 Å². The molecular weight excluding hydrogens is 288 g/mol. The topological polar surface area (TPSA) is 73.4 Å². The highest BCUT2D eigenvalue weighted by molar-refractivity contribution is 7.15. The summed E-state index contributed by atoms with van der Waals surface area (Å²) in [6, 6.07) is 0.121. The zero-order valence-electron chi connectivity index (χ0n) is 12.9. The Kier molecular flexibility index (Phi) is 5.89. The fourth-order valence-electron chi connectivity index (χ4n) is 2.38. The van der Waals surface area contributed by atoms with Crippen LogP contribution < -0.4 is 10.6 Å². The predicted octanol–water partition coefficient (Wildman–Crippen LogP) is 0.994. The Labute approximate surface area is 129 Å². The monoisotopic (exact) mass is 312 g/mol. The Balaban J connectivity index is 1.68. The third kappa shape index (κ3) is 4.90. The zero-order chi connectivity index (χ0) is 15.2. The Bertz CT molecular complexity index is 457. The van der Waals surface area contributed by atoms with Crippen molar-refractivity contribution in [3.63, 3.8) is 0 Å². The lowest BCUT2D eigenvalue weighted by molar-refractivity contribution is 0.106. The number of rotatable bonds is 5. The SMILES string of the molecule is CCN1CCN([C@@H](C)CNC(=O)Nc2nnc(C)s2)CC1. The van der Waals surface area contributed by atoms with Crippen LogP contribution in [0.3, 0.4) is 0 Å². The van der Waals surface area contributed by atoms with Gasteiger partial charge in [-0.1, -0.05) is 18.3 Å². The van der Waals surface area contributed by atoms with Crippen molar-refractivity contribution in [2.75, 3.05) is 44.6 Å². The summed E-state index contributed by atoms with van der Waals surface area (Å²) in [7, 11) is 0. The first-order chi connectivity index (χ1) is 10.1. The molecule has 1 atom stereocenters. The van der Waals surface area contributed by atoms with E-state index in [9.17, 15) is 4.79 Å². The minimum atomic E-state index is -0.217. The lowest BCUT2D eigenvalue weighted by atomic mass is 10.2. The quantitative estimate of drug-likeness (QED) is 0.848. The molecule has 0 radical (unpaired) electrons. The van der Waals surface area contributed by atoms with E-state index >= 15 is 0 Å². The molecule has 2 heterocycles. The molecule has 0 spiro atoms. The van der Waals surface area contributed by atoms with E-state index in [0.29, 0.717) is 17.7 Å². The van der Waals surface area contributed by atoms with Gasteiger partial charge in [0, 0.05) is 38.8 Å². The van der Waals surface area contributed by atoms with Gasteiger partial charge in [0.1, 0.15) is 5.01 Å². The second kappa shape index (κ2) is 7.67. The number of urea groups is 1. The lowest BCUT2D eigenvalue weighted by Gasteiger charge is -2.37. The molecule has 21 heavy (non-hydrogen) atoms. The van der Waals surface area contributed by atoms with Crippen molar-refractivity contribution >= 4 is 22.5 Å². The van der Waals surface area contributed by atoms with Crippen LogP contribution >= 0.6 is 11.3 Å². The number of amides is 2. The van der Waals surface area contributed by atoms with Gasteiger partial charge in [0.05, 0.1) is 0 Å². The van der Waals surface area contributed by atoms with Gasteiger partial charge in [0.2, 0.25) is 5.13 Å². The van der Waals surface area contributed by atoms with Crippen molar-refractivity contribution in [3.05, 3.63) is 5.01 Å². The van der Waals surface area contributed by atoms with E-state index in [4.69, 9.17) is 0 Å². The largest absolute Gasteiger partial charge is 0.336 e. The molecule has 8 heteroatoms. The molecule has 2 N–H and O–H groups in total. The van der Waals surface area contributed by atoms with Crippen molar-refractivity contribution in [2.45, 2.75) is 26.8 Å². The average Bonchev–Trinajstić information content (AvgIpc) is 2.90. The van der Waals surface area contributed by atoms with E-state index in [1.54, 1.807) is 0 Å². The van der Waals surface area contributed by atoms with E-state index < -0.39 is 0 Å². The highest BCUT2D eigenvalue weighted by Crippen LogP contribution is 2.13. The molecule has 0 aromatic carbocycles. The molecule has 0 bridgehead atoms. The molecule has 1 fully saturated rings. The van der Waals surface area contributed by atoms with Gasteiger partial charge in [0.25, 0.3) is 0 Å². The number of carbonyl (C=O) groups is 1. The van der Waals surface area contributed by atoms with Gasteiger partial charge < -0.3 is 10.2 Å². The molecular formula is C13H24N6OS. The normalized spacial score (nSPS) is 18.4. The van der Waals surface area contributed by atoms with Crippen LogP contribution in [0.25, 0.3) is 0 Å². The molecule has 7 nitrogen and oxygen atoms in total. The van der Waals surface area contributed by atoms with E-state index in [1.807, 2.05) is 6.92 Å². The fourth-order valence-corrected chi connectivity index (χ4v) is 2.97. The van der Waals surface area contributed by atoms with Crippen LogP contribution in [0, 0.1) is 6.92 Å². The van der Waals surface area contributed by atoms with Crippen molar-refractivity contribution in [1.82, 2.24) is 25.3 Å². The highest BCUT2D eigenvalue weighted by atomic mass is 32.1. The number of aromatic nitrogens is 2. The first-order valence-corrected chi connectivity index (χ1v) is 8.21. The fraction of sp³-hybridized carbons (Fsp3) is 0.769. The Morgan fingerprint density at radius 1 is 1.33 bits per heavy atom. The molecule has 1 aliphatic heterocycles. The molecule has 1 aromatic heterocycles. The van der Waals surface area contributed by atoms with E-state index in [1.165, 1.54) is 11.3 Å². The Morgan fingerprint density at radius 3 is 2.62 bits per heavy atom. The minimum Gasteiger partial charge on any atom is -0.336 e. The van der Waals surface area contributed by atoms with Crippen LogP contribution in [0.5, 0.6) is 0 Å². The molecule has 0 saturated carbocycles. The third-order valence-electron chi connectivity index (χ3n) is 3.78. The molecule has 0 unspecified atom stereocenters. The summed E-state index contributed by atoms with van der Waals surface area (Å²) in [6.45, 7) is 12.3. The Hall–Kier alpha value is -1.25.